The molecule has 0 radical (unpaired) electrons. The molecule has 62 valence electrons. The van der Waals surface area contributed by atoms with E-state index in [1.807, 2.05) is 12.3 Å². The van der Waals surface area contributed by atoms with Crippen molar-refractivity contribution < 1.29 is 0 Å². The van der Waals surface area contributed by atoms with Crippen molar-refractivity contribution in [1.29, 1.82) is 0 Å². The van der Waals surface area contributed by atoms with Crippen LogP contribution in [0.4, 0.5) is 0 Å². The second kappa shape index (κ2) is 3.55. The van der Waals surface area contributed by atoms with Crippen LogP contribution in [-0.4, -0.2) is 15.8 Å². The Morgan fingerprint density at radius 3 is 3.08 bits per heavy atom. The van der Waals surface area contributed by atoms with Crippen LogP contribution in [0.25, 0.3) is 10.6 Å². The van der Waals surface area contributed by atoms with Gasteiger partial charge in [0, 0.05) is 0 Å². The quantitative estimate of drug-likeness (QED) is 0.719. The molecule has 0 unspecified atom stereocenters. The average molecular weight is 214 g/mol. The predicted molar refractivity (Wildman–Crippen MR) is 55.0 cm³/mol. The van der Waals surface area contributed by atoms with Crippen molar-refractivity contribution in [2.75, 3.05) is 6.26 Å². The van der Waals surface area contributed by atoms with Gasteiger partial charge >= 0.3 is 0 Å². The maximum atomic E-state index is 4.09. The maximum absolute atomic E-state index is 4.09. The summed E-state index contributed by atoms with van der Waals surface area (Å²) in [5.74, 6) is 0. The SMILES string of the molecule is CSc1snnc1-c1cccs1. The highest BCUT2D eigenvalue weighted by molar-refractivity contribution is 8.00. The van der Waals surface area contributed by atoms with E-state index in [-0.39, 0.29) is 0 Å². The first kappa shape index (κ1) is 8.22. The Kier molecular flexibility index (Phi) is 2.43. The summed E-state index contributed by atoms with van der Waals surface area (Å²) in [4.78, 5) is 1.20. The van der Waals surface area contributed by atoms with E-state index in [1.165, 1.54) is 20.6 Å². The van der Waals surface area contributed by atoms with Gasteiger partial charge in [-0.3, -0.25) is 0 Å². The lowest BCUT2D eigenvalue weighted by Gasteiger charge is -1.91. The third-order valence-corrected chi connectivity index (χ3v) is 4.08. The second-order valence-corrected chi connectivity index (χ2v) is 4.87. The highest BCUT2D eigenvalue weighted by Crippen LogP contribution is 2.33. The Balaban J connectivity index is 2.46. The lowest BCUT2D eigenvalue weighted by molar-refractivity contribution is 1.16. The van der Waals surface area contributed by atoms with E-state index in [2.05, 4.69) is 21.0 Å². The molecule has 0 bridgehead atoms. The maximum Gasteiger partial charge on any atom is 0.129 e. The fraction of sp³-hybridized carbons (Fsp3) is 0.143. The van der Waals surface area contributed by atoms with Gasteiger partial charge in [0.05, 0.1) is 4.88 Å². The predicted octanol–water partition coefficient (Wildman–Crippen LogP) is 2.99. The number of thioether (sulfide) groups is 1. The van der Waals surface area contributed by atoms with Gasteiger partial charge in [-0.2, -0.15) is 0 Å². The molecule has 0 aliphatic rings. The summed E-state index contributed by atoms with van der Waals surface area (Å²) in [5.41, 5.74) is 1.03. The highest BCUT2D eigenvalue weighted by Gasteiger charge is 2.09. The standard InChI is InChI=1S/C7H6N2S3/c1-10-7-6(8-9-12-7)5-3-2-4-11-5/h2-4H,1H3. The van der Waals surface area contributed by atoms with Crippen molar-refractivity contribution in [3.63, 3.8) is 0 Å². The number of nitrogens with zero attached hydrogens (tertiary/aromatic N) is 2. The van der Waals surface area contributed by atoms with E-state index in [1.54, 1.807) is 23.1 Å². The zero-order valence-electron chi connectivity index (χ0n) is 6.35. The summed E-state index contributed by atoms with van der Waals surface area (Å²) < 4.78 is 5.12. The van der Waals surface area contributed by atoms with Gasteiger partial charge in [0.25, 0.3) is 0 Å². The van der Waals surface area contributed by atoms with E-state index in [9.17, 15) is 0 Å². The normalized spacial score (nSPS) is 10.4. The van der Waals surface area contributed by atoms with E-state index in [4.69, 9.17) is 0 Å². The van der Waals surface area contributed by atoms with Gasteiger partial charge in [-0.1, -0.05) is 10.6 Å². The molecule has 0 aromatic carbocycles. The molecule has 0 atom stereocenters. The van der Waals surface area contributed by atoms with Gasteiger partial charge in [0.1, 0.15) is 9.90 Å². The van der Waals surface area contributed by atoms with Crippen molar-refractivity contribution in [1.82, 2.24) is 9.59 Å². The van der Waals surface area contributed by atoms with E-state index in [0.717, 1.165) is 5.69 Å². The first-order valence-electron chi connectivity index (χ1n) is 3.32. The van der Waals surface area contributed by atoms with Crippen LogP contribution < -0.4 is 0 Å². The smallest absolute Gasteiger partial charge is 0.129 e. The zero-order chi connectivity index (χ0) is 8.39. The van der Waals surface area contributed by atoms with Crippen molar-refractivity contribution in [2.45, 2.75) is 4.21 Å². The van der Waals surface area contributed by atoms with Crippen molar-refractivity contribution >= 4 is 34.6 Å². The molecule has 0 spiro atoms. The van der Waals surface area contributed by atoms with E-state index in [0.29, 0.717) is 0 Å². The molecular formula is C7H6N2S3. The van der Waals surface area contributed by atoms with Crippen LogP contribution >= 0.6 is 34.6 Å². The van der Waals surface area contributed by atoms with Crippen LogP contribution in [0.2, 0.25) is 0 Å². The van der Waals surface area contributed by atoms with Crippen LogP contribution in [0.5, 0.6) is 0 Å². The summed E-state index contributed by atoms with van der Waals surface area (Å²) in [6.45, 7) is 0. The molecule has 2 aromatic heterocycles. The molecule has 0 saturated heterocycles. The largest absolute Gasteiger partial charge is 0.142 e. The molecule has 0 N–H and O–H groups in total. The fourth-order valence-electron chi connectivity index (χ4n) is 0.879. The van der Waals surface area contributed by atoms with Gasteiger partial charge in [-0.15, -0.1) is 28.2 Å². The topological polar surface area (TPSA) is 25.8 Å². The van der Waals surface area contributed by atoms with Gasteiger partial charge in [0.15, 0.2) is 0 Å². The fourth-order valence-corrected chi connectivity index (χ4v) is 2.90. The van der Waals surface area contributed by atoms with Crippen LogP contribution in [0, 0.1) is 0 Å². The number of thiophene rings is 1. The molecule has 2 aromatic rings. The number of hydrogen-bond acceptors (Lipinski definition) is 5. The van der Waals surface area contributed by atoms with Crippen LogP contribution in [0.15, 0.2) is 21.7 Å². The third-order valence-electron chi connectivity index (χ3n) is 1.40. The summed E-state index contributed by atoms with van der Waals surface area (Å²) in [6.07, 6.45) is 2.05. The Labute approximate surface area is 82.8 Å². The molecule has 0 aliphatic carbocycles. The zero-order valence-corrected chi connectivity index (χ0v) is 8.80. The molecule has 0 aliphatic heterocycles. The van der Waals surface area contributed by atoms with Gasteiger partial charge in [-0.05, 0) is 29.2 Å². The molecule has 5 heteroatoms. The van der Waals surface area contributed by atoms with Crippen molar-refractivity contribution in [3.8, 4) is 10.6 Å². The van der Waals surface area contributed by atoms with Crippen molar-refractivity contribution in [2.24, 2.45) is 0 Å². The minimum atomic E-state index is 1.03. The van der Waals surface area contributed by atoms with Crippen molar-refractivity contribution in [3.05, 3.63) is 17.5 Å². The van der Waals surface area contributed by atoms with Gasteiger partial charge in [0.2, 0.25) is 0 Å². The minimum absolute atomic E-state index is 1.03. The Morgan fingerprint density at radius 2 is 2.42 bits per heavy atom. The average Bonchev–Trinajstić information content (AvgIpc) is 2.74. The molecule has 0 amide bonds. The summed E-state index contributed by atoms with van der Waals surface area (Å²) in [7, 11) is 0. The number of aromatic nitrogens is 2. The Bertz CT molecular complexity index is 352. The van der Waals surface area contributed by atoms with Crippen LogP contribution in [0.1, 0.15) is 0 Å². The van der Waals surface area contributed by atoms with Crippen LogP contribution in [0.3, 0.4) is 0 Å². The third kappa shape index (κ3) is 1.39. The summed E-state index contributed by atoms with van der Waals surface area (Å²) in [6, 6.07) is 4.10. The first-order valence-corrected chi connectivity index (χ1v) is 6.20. The Hall–Kier alpha value is -0.390. The van der Waals surface area contributed by atoms with Gasteiger partial charge < -0.3 is 0 Å². The lowest BCUT2D eigenvalue weighted by atomic mass is 10.4. The van der Waals surface area contributed by atoms with Gasteiger partial charge in [-0.25, -0.2) is 0 Å². The monoisotopic (exact) mass is 214 g/mol. The van der Waals surface area contributed by atoms with Crippen LogP contribution in [-0.2, 0) is 0 Å². The summed E-state index contributed by atoms with van der Waals surface area (Å²) >= 11 is 4.86. The molecule has 12 heavy (non-hydrogen) atoms. The molecule has 0 saturated carbocycles. The second-order valence-electron chi connectivity index (χ2n) is 2.09. The molecule has 2 nitrogen and oxygen atoms in total. The summed E-state index contributed by atoms with van der Waals surface area (Å²) in [5, 5.41) is 6.14. The molecule has 2 rings (SSSR count). The molecule has 0 fully saturated rings. The highest BCUT2D eigenvalue weighted by atomic mass is 32.2. The first-order chi connectivity index (χ1) is 5.92. The minimum Gasteiger partial charge on any atom is -0.142 e. The molecular weight excluding hydrogens is 208 g/mol. The molecule has 2 heterocycles. The number of hydrogen-bond donors (Lipinski definition) is 0. The number of rotatable bonds is 2. The Morgan fingerprint density at radius 1 is 1.50 bits per heavy atom. The lowest BCUT2D eigenvalue weighted by Crippen LogP contribution is -1.73. The van der Waals surface area contributed by atoms with E-state index < -0.39 is 0 Å². The van der Waals surface area contributed by atoms with E-state index >= 15 is 0 Å².